The Kier molecular flexibility index (Phi) is 3.54. The lowest BCUT2D eigenvalue weighted by atomic mass is 10.2. The Hall–Kier alpha value is -1.48. The second kappa shape index (κ2) is 4.67. The molecule has 4 heteroatoms. The third kappa shape index (κ3) is 2.50. The minimum Gasteiger partial charge on any atom is -0.478 e. The quantitative estimate of drug-likeness (QED) is 0.753. The van der Waals surface area contributed by atoms with E-state index in [0.29, 0.717) is 12.2 Å². The van der Waals surface area contributed by atoms with Gasteiger partial charge in [-0.2, -0.15) is 0 Å². The van der Waals surface area contributed by atoms with Crippen LogP contribution in [0.2, 0.25) is 5.02 Å². The molecule has 1 aromatic rings. The molecule has 3 nitrogen and oxygen atoms in total. The van der Waals surface area contributed by atoms with Crippen LogP contribution in [0.15, 0.2) is 30.9 Å². The van der Waals surface area contributed by atoms with E-state index in [-0.39, 0.29) is 10.6 Å². The summed E-state index contributed by atoms with van der Waals surface area (Å²) in [6.45, 7) is 4.13. The Morgan fingerprint density at radius 3 is 2.93 bits per heavy atom. The zero-order chi connectivity index (χ0) is 10.6. The number of hydrogen-bond donors (Lipinski definition) is 2. The van der Waals surface area contributed by atoms with Gasteiger partial charge in [0, 0.05) is 12.2 Å². The van der Waals surface area contributed by atoms with E-state index in [1.54, 1.807) is 18.2 Å². The van der Waals surface area contributed by atoms with E-state index < -0.39 is 5.97 Å². The number of carboxylic acids is 1. The molecular weight excluding hydrogens is 202 g/mol. The molecule has 0 aliphatic carbocycles. The molecule has 0 saturated carbocycles. The predicted octanol–water partition coefficient (Wildman–Crippen LogP) is 2.64. The zero-order valence-corrected chi connectivity index (χ0v) is 8.21. The average molecular weight is 212 g/mol. The van der Waals surface area contributed by atoms with E-state index in [4.69, 9.17) is 16.7 Å². The number of benzene rings is 1. The number of carbonyl (C=O) groups is 1. The maximum absolute atomic E-state index is 10.7. The van der Waals surface area contributed by atoms with Crippen LogP contribution in [-0.2, 0) is 0 Å². The summed E-state index contributed by atoms with van der Waals surface area (Å²) in [4.78, 5) is 10.7. The molecule has 1 rings (SSSR count). The van der Waals surface area contributed by atoms with Crippen LogP contribution in [-0.4, -0.2) is 17.6 Å². The summed E-state index contributed by atoms with van der Waals surface area (Å²) >= 11 is 5.70. The van der Waals surface area contributed by atoms with E-state index in [1.807, 2.05) is 0 Å². The van der Waals surface area contributed by atoms with Crippen LogP contribution in [0.3, 0.4) is 0 Å². The first-order chi connectivity index (χ1) is 6.65. The van der Waals surface area contributed by atoms with Crippen LogP contribution < -0.4 is 5.32 Å². The lowest BCUT2D eigenvalue weighted by molar-refractivity contribution is 0.0697. The van der Waals surface area contributed by atoms with Crippen molar-refractivity contribution in [1.29, 1.82) is 0 Å². The van der Waals surface area contributed by atoms with Gasteiger partial charge in [-0.25, -0.2) is 4.79 Å². The van der Waals surface area contributed by atoms with E-state index >= 15 is 0 Å². The Labute approximate surface area is 87.0 Å². The highest BCUT2D eigenvalue weighted by Crippen LogP contribution is 2.20. The second-order valence-electron chi connectivity index (χ2n) is 2.67. The van der Waals surface area contributed by atoms with Gasteiger partial charge in [0.25, 0.3) is 0 Å². The van der Waals surface area contributed by atoms with Gasteiger partial charge in [0.05, 0.1) is 10.6 Å². The standard InChI is InChI=1S/C10H10ClNO2/c1-2-5-12-7-3-4-9(11)8(6-7)10(13)14/h2-4,6,12H,1,5H2,(H,13,14). The van der Waals surface area contributed by atoms with Gasteiger partial charge in [-0.1, -0.05) is 17.7 Å². The van der Waals surface area contributed by atoms with Gasteiger partial charge in [0.2, 0.25) is 0 Å². The minimum atomic E-state index is -1.03. The van der Waals surface area contributed by atoms with Gasteiger partial charge < -0.3 is 10.4 Å². The first kappa shape index (κ1) is 10.6. The van der Waals surface area contributed by atoms with Crippen molar-refractivity contribution < 1.29 is 9.90 Å². The van der Waals surface area contributed by atoms with Crippen molar-refractivity contribution >= 4 is 23.3 Å². The van der Waals surface area contributed by atoms with Crippen molar-refractivity contribution in [2.75, 3.05) is 11.9 Å². The molecule has 0 unspecified atom stereocenters. The Morgan fingerprint density at radius 1 is 1.64 bits per heavy atom. The summed E-state index contributed by atoms with van der Waals surface area (Å²) < 4.78 is 0. The van der Waals surface area contributed by atoms with Crippen LogP contribution in [0.25, 0.3) is 0 Å². The monoisotopic (exact) mass is 211 g/mol. The summed E-state index contributed by atoms with van der Waals surface area (Å²) in [6, 6.07) is 4.77. The van der Waals surface area contributed by atoms with Gasteiger partial charge in [-0.3, -0.25) is 0 Å². The van der Waals surface area contributed by atoms with Crippen LogP contribution in [0, 0.1) is 0 Å². The fraction of sp³-hybridized carbons (Fsp3) is 0.100. The molecule has 0 bridgehead atoms. The van der Waals surface area contributed by atoms with E-state index in [0.717, 1.165) is 0 Å². The van der Waals surface area contributed by atoms with Gasteiger partial charge >= 0.3 is 5.97 Å². The fourth-order valence-corrected chi connectivity index (χ4v) is 1.19. The fourth-order valence-electron chi connectivity index (χ4n) is 0.989. The lowest BCUT2D eigenvalue weighted by Crippen LogP contribution is -2.02. The largest absolute Gasteiger partial charge is 0.478 e. The molecule has 0 heterocycles. The number of aromatic carboxylic acids is 1. The second-order valence-corrected chi connectivity index (χ2v) is 3.08. The van der Waals surface area contributed by atoms with Crippen molar-refractivity contribution in [3.8, 4) is 0 Å². The van der Waals surface area contributed by atoms with Crippen molar-refractivity contribution in [2.45, 2.75) is 0 Å². The SMILES string of the molecule is C=CCNc1ccc(Cl)c(C(=O)O)c1. The Balaban J connectivity index is 2.94. The molecule has 0 aliphatic rings. The number of hydrogen-bond acceptors (Lipinski definition) is 2. The molecule has 14 heavy (non-hydrogen) atoms. The van der Waals surface area contributed by atoms with Crippen LogP contribution >= 0.6 is 11.6 Å². The van der Waals surface area contributed by atoms with E-state index in [1.165, 1.54) is 6.07 Å². The van der Waals surface area contributed by atoms with Crippen molar-refractivity contribution in [3.63, 3.8) is 0 Å². The lowest BCUT2D eigenvalue weighted by Gasteiger charge is -2.05. The summed E-state index contributed by atoms with van der Waals surface area (Å²) in [7, 11) is 0. The normalized spacial score (nSPS) is 9.50. The number of halogens is 1. The molecule has 74 valence electrons. The molecule has 0 aromatic heterocycles. The first-order valence-electron chi connectivity index (χ1n) is 4.02. The van der Waals surface area contributed by atoms with E-state index in [2.05, 4.69) is 11.9 Å². The van der Waals surface area contributed by atoms with Crippen LogP contribution in [0.4, 0.5) is 5.69 Å². The summed E-state index contributed by atoms with van der Waals surface area (Å²) in [5.41, 5.74) is 0.812. The van der Waals surface area contributed by atoms with Gasteiger partial charge in [-0.05, 0) is 18.2 Å². The minimum absolute atomic E-state index is 0.0979. The average Bonchev–Trinajstić information content (AvgIpc) is 2.16. The van der Waals surface area contributed by atoms with Gasteiger partial charge in [0.15, 0.2) is 0 Å². The molecule has 0 saturated heterocycles. The van der Waals surface area contributed by atoms with Crippen molar-refractivity contribution in [1.82, 2.24) is 0 Å². The van der Waals surface area contributed by atoms with Gasteiger partial charge in [-0.15, -0.1) is 6.58 Å². The first-order valence-corrected chi connectivity index (χ1v) is 4.40. The molecular formula is C10H10ClNO2. The molecule has 0 radical (unpaired) electrons. The summed E-state index contributed by atoms with van der Waals surface area (Å²) in [6.07, 6.45) is 1.69. The topological polar surface area (TPSA) is 49.3 Å². The maximum Gasteiger partial charge on any atom is 0.337 e. The highest BCUT2D eigenvalue weighted by atomic mass is 35.5. The van der Waals surface area contributed by atoms with Crippen molar-refractivity contribution in [3.05, 3.63) is 41.4 Å². The summed E-state index contributed by atoms with van der Waals surface area (Å²) in [5.74, 6) is -1.03. The zero-order valence-electron chi connectivity index (χ0n) is 7.46. The predicted molar refractivity (Wildman–Crippen MR) is 57.1 cm³/mol. The van der Waals surface area contributed by atoms with Crippen LogP contribution in [0.1, 0.15) is 10.4 Å². The molecule has 0 atom stereocenters. The Morgan fingerprint density at radius 2 is 2.36 bits per heavy atom. The number of nitrogens with one attached hydrogen (secondary N) is 1. The molecule has 2 N–H and O–H groups in total. The summed E-state index contributed by atoms with van der Waals surface area (Å²) in [5, 5.41) is 12.0. The number of carboxylic acid groups (broad SMARTS) is 1. The molecule has 0 spiro atoms. The van der Waals surface area contributed by atoms with Crippen molar-refractivity contribution in [2.24, 2.45) is 0 Å². The molecule has 0 fully saturated rings. The Bertz CT molecular complexity index is 363. The molecule has 0 amide bonds. The van der Waals surface area contributed by atoms with Crippen LogP contribution in [0.5, 0.6) is 0 Å². The maximum atomic E-state index is 10.7. The molecule has 0 aliphatic heterocycles. The third-order valence-corrected chi connectivity index (χ3v) is 1.98. The van der Waals surface area contributed by atoms with E-state index in [9.17, 15) is 4.79 Å². The smallest absolute Gasteiger partial charge is 0.337 e. The van der Waals surface area contributed by atoms with Gasteiger partial charge in [0.1, 0.15) is 0 Å². The highest BCUT2D eigenvalue weighted by molar-refractivity contribution is 6.33. The molecule has 1 aromatic carbocycles. The highest BCUT2D eigenvalue weighted by Gasteiger charge is 2.08. The third-order valence-electron chi connectivity index (χ3n) is 1.65. The number of rotatable bonds is 4. The number of anilines is 1.